The lowest BCUT2D eigenvalue weighted by molar-refractivity contribution is 0.204. The second kappa shape index (κ2) is 9.13. The van der Waals surface area contributed by atoms with Crippen LogP contribution in [0.15, 0.2) is 0 Å². The van der Waals surface area contributed by atoms with Crippen LogP contribution in [0.4, 0.5) is 0 Å². The Morgan fingerprint density at radius 1 is 1.13 bits per heavy atom. The number of likely N-dealkylation sites (N-methyl/N-ethyl adjacent to an activating group) is 2. The van der Waals surface area contributed by atoms with Crippen molar-refractivity contribution in [2.75, 3.05) is 46.8 Å². The van der Waals surface area contributed by atoms with E-state index in [1.807, 2.05) is 0 Å². The predicted molar refractivity (Wildman–Crippen MR) is 68.4 cm³/mol. The Bertz CT molecular complexity index is 137. The van der Waals surface area contributed by atoms with Crippen LogP contribution < -0.4 is 5.32 Å². The van der Waals surface area contributed by atoms with Gasteiger partial charge in [0.2, 0.25) is 0 Å². The molecule has 0 aromatic heterocycles. The van der Waals surface area contributed by atoms with Gasteiger partial charge in [-0.2, -0.15) is 0 Å². The van der Waals surface area contributed by atoms with Crippen molar-refractivity contribution in [2.45, 2.75) is 33.2 Å². The maximum Gasteiger partial charge on any atom is 0.0192 e. The molecule has 0 bridgehead atoms. The first-order valence-corrected chi connectivity index (χ1v) is 6.21. The van der Waals surface area contributed by atoms with E-state index in [0.29, 0.717) is 6.04 Å². The number of rotatable bonds is 9. The van der Waals surface area contributed by atoms with Crippen molar-refractivity contribution in [1.82, 2.24) is 15.1 Å². The molecule has 1 atom stereocenters. The average Bonchev–Trinajstić information content (AvgIpc) is 2.20. The highest BCUT2D eigenvalue weighted by Gasteiger charge is 2.10. The molecule has 0 spiro atoms. The molecule has 0 aliphatic rings. The molecule has 3 nitrogen and oxygen atoms in total. The second-order valence-corrected chi connectivity index (χ2v) is 4.44. The van der Waals surface area contributed by atoms with E-state index in [0.717, 1.165) is 19.6 Å². The smallest absolute Gasteiger partial charge is 0.0192 e. The Labute approximate surface area is 95.8 Å². The normalized spacial score (nSPS) is 13.8. The molecule has 0 radical (unpaired) electrons. The summed E-state index contributed by atoms with van der Waals surface area (Å²) in [6.45, 7) is 12.4. The van der Waals surface area contributed by atoms with Gasteiger partial charge in [0, 0.05) is 12.6 Å². The summed E-state index contributed by atoms with van der Waals surface area (Å²) >= 11 is 0. The van der Waals surface area contributed by atoms with Gasteiger partial charge < -0.3 is 10.2 Å². The molecule has 15 heavy (non-hydrogen) atoms. The van der Waals surface area contributed by atoms with Gasteiger partial charge in [0.15, 0.2) is 0 Å². The van der Waals surface area contributed by atoms with E-state index in [4.69, 9.17) is 0 Å². The van der Waals surface area contributed by atoms with Crippen molar-refractivity contribution < 1.29 is 0 Å². The lowest BCUT2D eigenvalue weighted by atomic mass is 10.2. The quantitative estimate of drug-likeness (QED) is 0.625. The Morgan fingerprint density at radius 2 is 1.80 bits per heavy atom. The maximum absolute atomic E-state index is 3.41. The molecule has 0 aliphatic heterocycles. The summed E-state index contributed by atoms with van der Waals surface area (Å²) in [5, 5.41) is 3.41. The lowest BCUT2D eigenvalue weighted by Crippen LogP contribution is -2.41. The van der Waals surface area contributed by atoms with Gasteiger partial charge in [-0.05, 0) is 53.6 Å². The Morgan fingerprint density at radius 3 is 2.27 bits per heavy atom. The summed E-state index contributed by atoms with van der Waals surface area (Å²) in [4.78, 5) is 4.80. The van der Waals surface area contributed by atoms with Gasteiger partial charge in [-0.3, -0.25) is 4.90 Å². The summed E-state index contributed by atoms with van der Waals surface area (Å²) in [5.41, 5.74) is 0. The van der Waals surface area contributed by atoms with E-state index in [2.05, 4.69) is 50.0 Å². The number of hydrogen-bond acceptors (Lipinski definition) is 3. The summed E-state index contributed by atoms with van der Waals surface area (Å²) in [6.07, 6.45) is 1.26. The monoisotopic (exact) mass is 215 g/mol. The fraction of sp³-hybridized carbons (Fsp3) is 1.00. The first-order valence-electron chi connectivity index (χ1n) is 6.21. The van der Waals surface area contributed by atoms with Crippen molar-refractivity contribution in [3.05, 3.63) is 0 Å². The molecule has 1 N–H and O–H groups in total. The van der Waals surface area contributed by atoms with Crippen molar-refractivity contribution in [2.24, 2.45) is 0 Å². The van der Waals surface area contributed by atoms with Crippen LogP contribution in [-0.2, 0) is 0 Å². The van der Waals surface area contributed by atoms with Crippen LogP contribution in [0.2, 0.25) is 0 Å². The fourth-order valence-electron chi connectivity index (χ4n) is 1.76. The topological polar surface area (TPSA) is 18.5 Å². The van der Waals surface area contributed by atoms with E-state index in [1.165, 1.54) is 19.5 Å². The van der Waals surface area contributed by atoms with Gasteiger partial charge in [-0.25, -0.2) is 0 Å². The van der Waals surface area contributed by atoms with Gasteiger partial charge in [0.25, 0.3) is 0 Å². The maximum atomic E-state index is 3.41. The molecule has 0 aliphatic carbocycles. The molecule has 0 aromatic carbocycles. The first kappa shape index (κ1) is 14.9. The largest absolute Gasteiger partial charge is 0.315 e. The van der Waals surface area contributed by atoms with E-state index in [9.17, 15) is 0 Å². The van der Waals surface area contributed by atoms with E-state index >= 15 is 0 Å². The van der Waals surface area contributed by atoms with Crippen LogP contribution in [0, 0.1) is 0 Å². The molecular formula is C12H29N3. The molecule has 0 heterocycles. The van der Waals surface area contributed by atoms with Crippen LogP contribution in [-0.4, -0.2) is 62.7 Å². The molecule has 0 rings (SSSR count). The minimum Gasteiger partial charge on any atom is -0.315 e. The molecule has 0 aromatic rings. The van der Waals surface area contributed by atoms with E-state index in [-0.39, 0.29) is 0 Å². The third kappa shape index (κ3) is 7.77. The van der Waals surface area contributed by atoms with Gasteiger partial charge in [0.05, 0.1) is 0 Å². The van der Waals surface area contributed by atoms with Gasteiger partial charge in [0.1, 0.15) is 0 Å². The van der Waals surface area contributed by atoms with Crippen LogP contribution in [0.1, 0.15) is 27.2 Å². The van der Waals surface area contributed by atoms with Crippen LogP contribution in [0.25, 0.3) is 0 Å². The highest BCUT2D eigenvalue weighted by molar-refractivity contribution is 4.68. The van der Waals surface area contributed by atoms with Crippen LogP contribution in [0.3, 0.4) is 0 Å². The zero-order valence-electron chi connectivity index (χ0n) is 11.2. The van der Waals surface area contributed by atoms with Gasteiger partial charge in [-0.15, -0.1) is 0 Å². The summed E-state index contributed by atoms with van der Waals surface area (Å²) in [5.74, 6) is 0. The minimum absolute atomic E-state index is 0.650. The van der Waals surface area contributed by atoms with Crippen molar-refractivity contribution >= 4 is 0 Å². The van der Waals surface area contributed by atoms with Crippen LogP contribution in [0.5, 0.6) is 0 Å². The Kier molecular flexibility index (Phi) is 9.06. The third-order valence-electron chi connectivity index (χ3n) is 2.77. The first-order chi connectivity index (χ1) is 7.11. The standard InChI is InChI=1S/C12H29N3/c1-6-13-11-12(3)15(7-2)10-8-9-14(4)5/h12-13H,6-11H2,1-5H3. The summed E-state index contributed by atoms with van der Waals surface area (Å²) < 4.78 is 0. The summed E-state index contributed by atoms with van der Waals surface area (Å²) in [7, 11) is 4.27. The molecule has 0 saturated heterocycles. The number of nitrogens with one attached hydrogen (secondary N) is 1. The number of hydrogen-bond donors (Lipinski definition) is 1. The average molecular weight is 215 g/mol. The highest BCUT2D eigenvalue weighted by atomic mass is 15.2. The molecule has 0 amide bonds. The Hall–Kier alpha value is -0.120. The molecule has 0 fully saturated rings. The van der Waals surface area contributed by atoms with Crippen molar-refractivity contribution in [3.8, 4) is 0 Å². The highest BCUT2D eigenvalue weighted by Crippen LogP contribution is 1.99. The van der Waals surface area contributed by atoms with E-state index in [1.54, 1.807) is 0 Å². The Balaban J connectivity index is 3.69. The molecule has 0 saturated carbocycles. The molecule has 92 valence electrons. The zero-order chi connectivity index (χ0) is 11.7. The molecule has 3 heteroatoms. The second-order valence-electron chi connectivity index (χ2n) is 4.44. The molecular weight excluding hydrogens is 186 g/mol. The predicted octanol–water partition coefficient (Wildman–Crippen LogP) is 1.26. The van der Waals surface area contributed by atoms with E-state index < -0.39 is 0 Å². The van der Waals surface area contributed by atoms with Gasteiger partial charge in [-0.1, -0.05) is 13.8 Å². The third-order valence-corrected chi connectivity index (χ3v) is 2.77. The zero-order valence-corrected chi connectivity index (χ0v) is 11.2. The fourth-order valence-corrected chi connectivity index (χ4v) is 1.76. The van der Waals surface area contributed by atoms with Gasteiger partial charge >= 0.3 is 0 Å². The van der Waals surface area contributed by atoms with Crippen molar-refractivity contribution in [1.29, 1.82) is 0 Å². The minimum atomic E-state index is 0.650. The SMILES string of the molecule is CCNCC(C)N(CC)CCCN(C)C. The number of nitrogens with zero attached hydrogens (tertiary/aromatic N) is 2. The lowest BCUT2D eigenvalue weighted by Gasteiger charge is -2.28. The van der Waals surface area contributed by atoms with Crippen molar-refractivity contribution in [3.63, 3.8) is 0 Å². The molecule has 1 unspecified atom stereocenters. The summed E-state index contributed by atoms with van der Waals surface area (Å²) in [6, 6.07) is 0.650. The van der Waals surface area contributed by atoms with Crippen LogP contribution >= 0.6 is 0 Å².